The van der Waals surface area contributed by atoms with Crippen LogP contribution in [0.1, 0.15) is 16.1 Å². The van der Waals surface area contributed by atoms with Gasteiger partial charge in [-0.15, -0.1) is 11.3 Å². The van der Waals surface area contributed by atoms with E-state index in [1.165, 1.54) is 0 Å². The highest BCUT2D eigenvalue weighted by molar-refractivity contribution is 7.13. The number of benzene rings is 1. The zero-order valence-electron chi connectivity index (χ0n) is 11.3. The Morgan fingerprint density at radius 3 is 2.77 bits per heavy atom. The second-order valence-electron chi connectivity index (χ2n) is 4.55. The molecule has 1 amide bonds. The molecule has 0 fully saturated rings. The number of carbonyl (C=O) groups is 1. The van der Waals surface area contributed by atoms with Crippen LogP contribution in [0.2, 0.25) is 0 Å². The summed E-state index contributed by atoms with van der Waals surface area (Å²) in [6.07, 6.45) is 0. The van der Waals surface area contributed by atoms with Crippen molar-refractivity contribution in [2.75, 3.05) is 0 Å². The lowest BCUT2D eigenvalue weighted by molar-refractivity contribution is 0.0944. The molecule has 0 aliphatic heterocycles. The number of nitrogens with one attached hydrogen (secondary N) is 1. The van der Waals surface area contributed by atoms with E-state index in [9.17, 15) is 13.6 Å². The van der Waals surface area contributed by atoms with E-state index in [1.807, 2.05) is 23.6 Å². The molecule has 2 aromatic heterocycles. The maximum absolute atomic E-state index is 13.5. The fourth-order valence-electron chi connectivity index (χ4n) is 1.96. The Labute approximate surface area is 129 Å². The Kier molecular flexibility index (Phi) is 4.02. The number of furan rings is 1. The van der Waals surface area contributed by atoms with Gasteiger partial charge in [-0.25, -0.2) is 8.78 Å². The van der Waals surface area contributed by atoms with Crippen molar-refractivity contribution in [2.45, 2.75) is 6.54 Å². The second kappa shape index (κ2) is 6.11. The number of amides is 1. The van der Waals surface area contributed by atoms with E-state index < -0.39 is 17.5 Å². The summed E-state index contributed by atoms with van der Waals surface area (Å²) >= 11 is 1.55. The molecule has 6 heteroatoms. The van der Waals surface area contributed by atoms with Gasteiger partial charge in [0.1, 0.15) is 23.2 Å². The molecule has 0 aliphatic carbocycles. The summed E-state index contributed by atoms with van der Waals surface area (Å²) in [6.45, 7) is 0.126. The number of thiophene rings is 1. The molecule has 22 heavy (non-hydrogen) atoms. The molecule has 1 aromatic carbocycles. The standard InChI is InChI=1S/C16H11F2NO2S/c17-10-3-5-12(13(18)8-10)16(20)19-9-11-4-6-14(21-11)15-2-1-7-22-15/h1-8H,9H2,(H,19,20). The fraction of sp³-hybridized carbons (Fsp3) is 0.0625. The van der Waals surface area contributed by atoms with E-state index >= 15 is 0 Å². The van der Waals surface area contributed by atoms with Crippen LogP contribution in [-0.4, -0.2) is 5.91 Å². The Morgan fingerprint density at radius 2 is 2.05 bits per heavy atom. The molecular weight excluding hydrogens is 308 g/mol. The van der Waals surface area contributed by atoms with Gasteiger partial charge in [0, 0.05) is 6.07 Å². The third kappa shape index (κ3) is 3.07. The third-order valence-electron chi connectivity index (χ3n) is 3.02. The van der Waals surface area contributed by atoms with E-state index in [-0.39, 0.29) is 12.1 Å². The first kappa shape index (κ1) is 14.5. The lowest BCUT2D eigenvalue weighted by Gasteiger charge is -2.04. The van der Waals surface area contributed by atoms with Gasteiger partial charge in [-0.3, -0.25) is 4.79 Å². The SMILES string of the molecule is O=C(NCc1ccc(-c2cccs2)o1)c1ccc(F)cc1F. The molecule has 0 unspecified atom stereocenters. The third-order valence-corrected chi connectivity index (χ3v) is 3.91. The Balaban J connectivity index is 1.66. The van der Waals surface area contributed by atoms with Crippen LogP contribution in [0, 0.1) is 11.6 Å². The van der Waals surface area contributed by atoms with Crippen LogP contribution in [0.4, 0.5) is 8.78 Å². The predicted molar refractivity (Wildman–Crippen MR) is 79.5 cm³/mol. The van der Waals surface area contributed by atoms with E-state index in [4.69, 9.17) is 4.42 Å². The highest BCUT2D eigenvalue weighted by Gasteiger charge is 2.13. The minimum Gasteiger partial charge on any atom is -0.458 e. The minimum absolute atomic E-state index is 0.126. The fourth-order valence-corrected chi connectivity index (χ4v) is 2.65. The molecule has 0 saturated heterocycles. The van der Waals surface area contributed by atoms with Crippen LogP contribution in [0.25, 0.3) is 10.6 Å². The first-order valence-electron chi connectivity index (χ1n) is 6.49. The average Bonchev–Trinajstić information content (AvgIpc) is 3.16. The Hall–Kier alpha value is -2.47. The molecule has 0 radical (unpaired) electrons. The van der Waals surface area contributed by atoms with E-state index in [0.717, 1.165) is 17.0 Å². The maximum atomic E-state index is 13.5. The number of carbonyl (C=O) groups excluding carboxylic acids is 1. The molecule has 0 spiro atoms. The lowest BCUT2D eigenvalue weighted by Crippen LogP contribution is -2.23. The molecule has 3 nitrogen and oxygen atoms in total. The van der Waals surface area contributed by atoms with Crippen LogP contribution in [0.5, 0.6) is 0 Å². The topological polar surface area (TPSA) is 42.2 Å². The van der Waals surface area contributed by atoms with Crippen LogP contribution in [0.15, 0.2) is 52.3 Å². The number of halogens is 2. The minimum atomic E-state index is -0.892. The van der Waals surface area contributed by atoms with Gasteiger partial charge in [-0.05, 0) is 35.7 Å². The van der Waals surface area contributed by atoms with Crippen molar-refractivity contribution in [1.82, 2.24) is 5.32 Å². The number of hydrogen-bond acceptors (Lipinski definition) is 3. The predicted octanol–water partition coefficient (Wildman–Crippen LogP) is 4.22. The summed E-state index contributed by atoms with van der Waals surface area (Å²) in [4.78, 5) is 12.9. The van der Waals surface area contributed by atoms with Crippen molar-refractivity contribution in [2.24, 2.45) is 0 Å². The van der Waals surface area contributed by atoms with Gasteiger partial charge < -0.3 is 9.73 Å². The number of hydrogen-bond donors (Lipinski definition) is 1. The summed E-state index contributed by atoms with van der Waals surface area (Å²) in [5.41, 5.74) is -0.202. The monoisotopic (exact) mass is 319 g/mol. The van der Waals surface area contributed by atoms with Crippen LogP contribution in [0.3, 0.4) is 0 Å². The molecule has 0 saturated carbocycles. The van der Waals surface area contributed by atoms with Gasteiger partial charge in [-0.1, -0.05) is 6.07 Å². The van der Waals surface area contributed by atoms with Crippen molar-refractivity contribution in [3.63, 3.8) is 0 Å². The van der Waals surface area contributed by atoms with Crippen LogP contribution < -0.4 is 5.32 Å². The molecular formula is C16H11F2NO2S. The zero-order chi connectivity index (χ0) is 15.5. The Morgan fingerprint density at radius 1 is 1.18 bits per heavy atom. The largest absolute Gasteiger partial charge is 0.458 e. The zero-order valence-corrected chi connectivity index (χ0v) is 12.1. The first-order chi connectivity index (χ1) is 10.6. The summed E-state index contributed by atoms with van der Waals surface area (Å²) in [5, 5.41) is 4.48. The van der Waals surface area contributed by atoms with Crippen molar-refractivity contribution in [1.29, 1.82) is 0 Å². The van der Waals surface area contributed by atoms with Gasteiger partial charge in [0.2, 0.25) is 0 Å². The highest BCUT2D eigenvalue weighted by atomic mass is 32.1. The average molecular weight is 319 g/mol. The van der Waals surface area contributed by atoms with Gasteiger partial charge in [0.25, 0.3) is 5.91 Å². The molecule has 3 aromatic rings. The van der Waals surface area contributed by atoms with E-state index in [0.29, 0.717) is 17.6 Å². The molecule has 1 N–H and O–H groups in total. The highest BCUT2D eigenvalue weighted by Crippen LogP contribution is 2.26. The number of rotatable bonds is 4. The smallest absolute Gasteiger partial charge is 0.254 e. The normalized spacial score (nSPS) is 10.6. The van der Waals surface area contributed by atoms with Crippen LogP contribution in [-0.2, 0) is 6.54 Å². The van der Waals surface area contributed by atoms with Gasteiger partial charge >= 0.3 is 0 Å². The van der Waals surface area contributed by atoms with Crippen molar-refractivity contribution >= 4 is 17.2 Å². The molecule has 2 heterocycles. The summed E-state index contributed by atoms with van der Waals surface area (Å²) < 4.78 is 31.9. The van der Waals surface area contributed by atoms with Crippen molar-refractivity contribution in [3.8, 4) is 10.6 Å². The molecule has 0 atom stereocenters. The van der Waals surface area contributed by atoms with E-state index in [2.05, 4.69) is 5.32 Å². The summed E-state index contributed by atoms with van der Waals surface area (Å²) in [7, 11) is 0. The molecule has 3 rings (SSSR count). The maximum Gasteiger partial charge on any atom is 0.254 e. The van der Waals surface area contributed by atoms with Crippen LogP contribution >= 0.6 is 11.3 Å². The summed E-state index contributed by atoms with van der Waals surface area (Å²) in [5.74, 6) is -0.963. The second-order valence-corrected chi connectivity index (χ2v) is 5.50. The quantitative estimate of drug-likeness (QED) is 0.782. The molecule has 0 bridgehead atoms. The van der Waals surface area contributed by atoms with Gasteiger partial charge in [0.15, 0.2) is 0 Å². The molecule has 112 valence electrons. The van der Waals surface area contributed by atoms with Crippen molar-refractivity contribution in [3.05, 3.63) is 70.8 Å². The van der Waals surface area contributed by atoms with Crippen molar-refractivity contribution < 1.29 is 18.0 Å². The van der Waals surface area contributed by atoms with Gasteiger partial charge in [0.05, 0.1) is 17.0 Å². The summed E-state index contributed by atoms with van der Waals surface area (Å²) in [6, 6.07) is 10.2. The Bertz CT molecular complexity index is 796. The molecule has 0 aliphatic rings. The van der Waals surface area contributed by atoms with E-state index in [1.54, 1.807) is 17.4 Å². The lowest BCUT2D eigenvalue weighted by atomic mass is 10.2. The first-order valence-corrected chi connectivity index (χ1v) is 7.37. The van der Waals surface area contributed by atoms with Gasteiger partial charge in [-0.2, -0.15) is 0 Å².